The SMILES string of the molecule is c1ccc(-c2ccc3ccc(-c4nc(-c5cccc6oc7ccccc7c56)nc(-c5cccc6oc7cccnc7c56)n4)cc3c2)cc1. The van der Waals surface area contributed by atoms with E-state index in [-0.39, 0.29) is 0 Å². The van der Waals surface area contributed by atoms with Gasteiger partial charge in [0.2, 0.25) is 0 Å². The fourth-order valence-electron chi connectivity index (χ4n) is 6.73. The fourth-order valence-corrected chi connectivity index (χ4v) is 6.73. The number of pyridine rings is 1. The van der Waals surface area contributed by atoms with Crippen LogP contribution in [0, 0.1) is 0 Å². The van der Waals surface area contributed by atoms with Gasteiger partial charge in [0.15, 0.2) is 23.1 Å². The Morgan fingerprint density at radius 1 is 0.396 bits per heavy atom. The van der Waals surface area contributed by atoms with Crippen LogP contribution in [0.25, 0.3) is 100 Å². The summed E-state index contributed by atoms with van der Waals surface area (Å²) in [5.41, 5.74) is 8.73. The van der Waals surface area contributed by atoms with Crippen LogP contribution in [0.5, 0.6) is 0 Å². The molecule has 4 heterocycles. The molecule has 6 aromatic carbocycles. The Balaban J connectivity index is 1.24. The van der Waals surface area contributed by atoms with Gasteiger partial charge in [0, 0.05) is 33.7 Å². The van der Waals surface area contributed by atoms with E-state index >= 15 is 0 Å². The minimum absolute atomic E-state index is 0.539. The lowest BCUT2D eigenvalue weighted by atomic mass is 9.99. The highest BCUT2D eigenvalue weighted by molar-refractivity contribution is 6.12. The number of nitrogens with zero attached hydrogens (tertiary/aromatic N) is 4. The van der Waals surface area contributed by atoms with Gasteiger partial charge >= 0.3 is 0 Å². The van der Waals surface area contributed by atoms with E-state index in [4.69, 9.17) is 23.8 Å². The average Bonchev–Trinajstić information content (AvgIpc) is 3.73. The molecule has 6 nitrogen and oxygen atoms in total. The molecule has 0 aliphatic rings. The van der Waals surface area contributed by atoms with Gasteiger partial charge in [-0.25, -0.2) is 15.0 Å². The molecular formula is C42H24N4O2. The zero-order valence-corrected chi connectivity index (χ0v) is 25.5. The molecule has 10 aromatic rings. The molecule has 6 heteroatoms. The highest BCUT2D eigenvalue weighted by atomic mass is 16.3. The third-order valence-corrected chi connectivity index (χ3v) is 8.98. The monoisotopic (exact) mass is 616 g/mol. The predicted octanol–water partition coefficient (Wildman–Crippen LogP) is 10.9. The van der Waals surface area contributed by atoms with Crippen molar-refractivity contribution in [3.05, 3.63) is 146 Å². The van der Waals surface area contributed by atoms with E-state index in [9.17, 15) is 0 Å². The largest absolute Gasteiger partial charge is 0.456 e. The fraction of sp³-hybridized carbons (Fsp3) is 0. The van der Waals surface area contributed by atoms with Crippen LogP contribution >= 0.6 is 0 Å². The number of para-hydroxylation sites is 1. The van der Waals surface area contributed by atoms with Crippen molar-refractivity contribution < 1.29 is 8.83 Å². The van der Waals surface area contributed by atoms with Crippen molar-refractivity contribution in [3.63, 3.8) is 0 Å². The Bertz CT molecular complexity index is 2720. The maximum absolute atomic E-state index is 6.24. The first kappa shape index (κ1) is 26.5. The highest BCUT2D eigenvalue weighted by Crippen LogP contribution is 2.39. The molecule has 224 valence electrons. The molecule has 0 aliphatic heterocycles. The van der Waals surface area contributed by atoms with Crippen molar-refractivity contribution in [1.29, 1.82) is 0 Å². The summed E-state index contributed by atoms with van der Waals surface area (Å²) in [4.78, 5) is 20.1. The maximum Gasteiger partial charge on any atom is 0.164 e. The minimum atomic E-state index is 0.539. The summed E-state index contributed by atoms with van der Waals surface area (Å²) >= 11 is 0. The first-order valence-electron chi connectivity index (χ1n) is 15.8. The average molecular weight is 617 g/mol. The molecule has 0 aliphatic carbocycles. The summed E-state index contributed by atoms with van der Waals surface area (Å²) in [7, 11) is 0. The van der Waals surface area contributed by atoms with E-state index in [1.54, 1.807) is 6.20 Å². The first-order valence-corrected chi connectivity index (χ1v) is 15.8. The summed E-state index contributed by atoms with van der Waals surface area (Å²) in [5, 5.41) is 5.10. The molecule has 0 N–H and O–H groups in total. The Kier molecular flexibility index (Phi) is 5.77. The van der Waals surface area contributed by atoms with E-state index in [2.05, 4.69) is 77.8 Å². The van der Waals surface area contributed by atoms with Crippen molar-refractivity contribution in [2.75, 3.05) is 0 Å². The van der Waals surface area contributed by atoms with Crippen molar-refractivity contribution in [1.82, 2.24) is 19.9 Å². The van der Waals surface area contributed by atoms with Crippen LogP contribution in [0.4, 0.5) is 0 Å². The summed E-state index contributed by atoms with van der Waals surface area (Å²) in [6, 6.07) is 47.2. The number of hydrogen-bond acceptors (Lipinski definition) is 6. The summed E-state index contributed by atoms with van der Waals surface area (Å²) in [6.45, 7) is 0. The van der Waals surface area contributed by atoms with Gasteiger partial charge in [-0.1, -0.05) is 97.1 Å². The van der Waals surface area contributed by atoms with Crippen LogP contribution in [0.1, 0.15) is 0 Å². The molecule has 0 bridgehead atoms. The van der Waals surface area contributed by atoms with Gasteiger partial charge in [-0.05, 0) is 64.4 Å². The second-order valence-electron chi connectivity index (χ2n) is 11.9. The summed E-state index contributed by atoms with van der Waals surface area (Å²) < 4.78 is 12.4. The summed E-state index contributed by atoms with van der Waals surface area (Å²) in [5.74, 6) is 1.67. The topological polar surface area (TPSA) is 77.8 Å². The zero-order chi connectivity index (χ0) is 31.6. The Labute approximate surface area is 274 Å². The molecule has 0 unspecified atom stereocenters. The quantitative estimate of drug-likeness (QED) is 0.196. The normalized spacial score (nSPS) is 11.8. The second-order valence-corrected chi connectivity index (χ2v) is 11.9. The molecule has 0 amide bonds. The number of hydrogen-bond donors (Lipinski definition) is 0. The number of benzene rings is 6. The van der Waals surface area contributed by atoms with E-state index in [1.165, 1.54) is 5.56 Å². The molecule has 10 rings (SSSR count). The Morgan fingerprint density at radius 3 is 1.85 bits per heavy atom. The van der Waals surface area contributed by atoms with Gasteiger partial charge in [-0.2, -0.15) is 0 Å². The minimum Gasteiger partial charge on any atom is -0.456 e. The van der Waals surface area contributed by atoms with Crippen LogP contribution < -0.4 is 0 Å². The van der Waals surface area contributed by atoms with Crippen LogP contribution in [-0.4, -0.2) is 19.9 Å². The molecule has 0 saturated heterocycles. The second kappa shape index (κ2) is 10.4. The van der Waals surface area contributed by atoms with E-state index in [0.717, 1.165) is 71.5 Å². The lowest BCUT2D eigenvalue weighted by molar-refractivity contribution is 0.668. The van der Waals surface area contributed by atoms with Crippen LogP contribution in [0.2, 0.25) is 0 Å². The lowest BCUT2D eigenvalue weighted by Gasteiger charge is -2.11. The van der Waals surface area contributed by atoms with Crippen molar-refractivity contribution in [2.24, 2.45) is 0 Å². The number of fused-ring (bicyclic) bond motifs is 7. The smallest absolute Gasteiger partial charge is 0.164 e. The van der Waals surface area contributed by atoms with Gasteiger partial charge in [0.05, 0.1) is 5.39 Å². The Hall–Kier alpha value is -6.66. The molecule has 0 radical (unpaired) electrons. The van der Waals surface area contributed by atoms with Crippen molar-refractivity contribution >= 4 is 54.8 Å². The van der Waals surface area contributed by atoms with Gasteiger partial charge in [0.1, 0.15) is 22.3 Å². The number of aromatic nitrogens is 4. The van der Waals surface area contributed by atoms with Gasteiger partial charge in [0.25, 0.3) is 0 Å². The third kappa shape index (κ3) is 4.20. The molecule has 0 saturated carbocycles. The van der Waals surface area contributed by atoms with Crippen LogP contribution in [0.3, 0.4) is 0 Å². The molecular weight excluding hydrogens is 592 g/mol. The number of furan rings is 2. The maximum atomic E-state index is 6.24. The molecule has 0 atom stereocenters. The highest BCUT2D eigenvalue weighted by Gasteiger charge is 2.20. The molecule has 0 spiro atoms. The van der Waals surface area contributed by atoms with Crippen LogP contribution in [0.15, 0.2) is 155 Å². The summed E-state index contributed by atoms with van der Waals surface area (Å²) in [6.07, 6.45) is 1.78. The zero-order valence-electron chi connectivity index (χ0n) is 25.5. The van der Waals surface area contributed by atoms with Gasteiger partial charge in [-0.15, -0.1) is 0 Å². The van der Waals surface area contributed by atoms with E-state index in [1.807, 2.05) is 66.7 Å². The molecule has 0 fully saturated rings. The third-order valence-electron chi connectivity index (χ3n) is 8.98. The van der Waals surface area contributed by atoms with E-state index in [0.29, 0.717) is 23.1 Å². The van der Waals surface area contributed by atoms with Crippen molar-refractivity contribution in [2.45, 2.75) is 0 Å². The molecule has 48 heavy (non-hydrogen) atoms. The van der Waals surface area contributed by atoms with Crippen molar-refractivity contribution in [3.8, 4) is 45.3 Å². The predicted molar refractivity (Wildman–Crippen MR) is 191 cm³/mol. The first-order chi connectivity index (χ1) is 23.8. The standard InChI is InChI=1S/C42H24N4O2/c1-2-9-25(10-3-1)27-20-18-26-19-21-28(24-29(26)23-27)40-44-41(31-12-6-15-34-37(31)30-11-4-5-14-33(30)47-34)46-42(45-40)32-13-7-16-35-38(32)39-36(48-35)17-8-22-43-39/h1-24H. The van der Waals surface area contributed by atoms with E-state index < -0.39 is 0 Å². The van der Waals surface area contributed by atoms with Gasteiger partial charge < -0.3 is 8.83 Å². The van der Waals surface area contributed by atoms with Crippen LogP contribution in [-0.2, 0) is 0 Å². The Morgan fingerprint density at radius 2 is 1.02 bits per heavy atom. The molecule has 4 aromatic heterocycles. The lowest BCUT2D eigenvalue weighted by Crippen LogP contribution is -2.01. The number of rotatable bonds is 4. The van der Waals surface area contributed by atoms with Gasteiger partial charge in [-0.3, -0.25) is 4.98 Å².